The van der Waals surface area contributed by atoms with Gasteiger partial charge in [-0.05, 0) is 104 Å². The predicted octanol–water partition coefficient (Wildman–Crippen LogP) is 5.29. The molecule has 0 unspecified atom stereocenters. The second-order valence-electron chi connectivity index (χ2n) is 10.2. The number of nitrogens with zero attached hydrogens (tertiary/aromatic N) is 3. The Morgan fingerprint density at radius 3 is 0.571 bits per heavy atom. The Hall–Kier alpha value is 0.800. The van der Waals surface area contributed by atoms with Gasteiger partial charge in [0.1, 0.15) is 0 Å². The smallest absolute Gasteiger partial charge is 0.0833 e. The fourth-order valence-corrected chi connectivity index (χ4v) is 5.30. The van der Waals surface area contributed by atoms with Crippen molar-refractivity contribution in [3.63, 3.8) is 0 Å². The van der Waals surface area contributed by atoms with E-state index in [-0.39, 0.29) is 0 Å². The Morgan fingerprint density at radius 1 is 0.486 bits per heavy atom. The molecule has 0 saturated heterocycles. The van der Waals surface area contributed by atoms with Crippen molar-refractivity contribution in [3.8, 4) is 0 Å². The molecule has 0 aliphatic rings. The van der Waals surface area contributed by atoms with Gasteiger partial charge in [0.25, 0.3) is 0 Å². The van der Waals surface area contributed by atoms with Gasteiger partial charge >= 0.3 is 0 Å². The van der Waals surface area contributed by atoms with Crippen LogP contribution in [0.15, 0.2) is 0 Å². The topological polar surface area (TPSA) is 46.1 Å². The van der Waals surface area contributed by atoms with Crippen LogP contribution in [0.25, 0.3) is 0 Å². The summed E-state index contributed by atoms with van der Waals surface area (Å²) in [7, 11) is 0. The summed E-state index contributed by atoms with van der Waals surface area (Å²) < 4.78 is 3.79. The summed E-state index contributed by atoms with van der Waals surface area (Å²) >= 11 is 7.28. The third-order valence-corrected chi connectivity index (χ3v) is 8.95. The molecule has 5 nitrogen and oxygen atoms in total. The van der Waals surface area contributed by atoms with Crippen LogP contribution in [0, 0.1) is 0 Å². The molecule has 218 valence electrons. The molecule has 0 aromatic rings. The van der Waals surface area contributed by atoms with Gasteiger partial charge in [-0.1, -0.05) is 0 Å². The fraction of sp³-hybridized carbons (Fsp3) is 1.00. The maximum atomic E-state index is 9.29. The Labute approximate surface area is 233 Å². The van der Waals surface area contributed by atoms with Crippen LogP contribution in [0.4, 0.5) is 0 Å². The molecule has 0 rings (SSSR count). The average molecular weight is 560 g/mol. The Morgan fingerprint density at radius 2 is 0.571 bits per heavy atom. The molecular formula is C27H66N3O2PS2. The SMILES string of the molecule is CC[N+](CC)(CC)C(C)C.CC[N+](CC)(CC)C(C)C.CC[N+](CC)(CC)C(C)C.[O-]P([O-])(=S)[S-]. The molecular weight excluding hydrogens is 493 g/mol. The summed E-state index contributed by atoms with van der Waals surface area (Å²) in [5.74, 6) is 0. The molecule has 0 radical (unpaired) electrons. The lowest BCUT2D eigenvalue weighted by atomic mass is 10.2. The van der Waals surface area contributed by atoms with Crippen LogP contribution in [0.3, 0.4) is 0 Å². The number of quaternary nitrogens is 3. The summed E-state index contributed by atoms with van der Waals surface area (Å²) in [5, 5.41) is 0. The van der Waals surface area contributed by atoms with Crippen LogP contribution >= 0.6 is 5.69 Å². The Kier molecular flexibility index (Phi) is 26.6. The molecule has 0 fully saturated rings. The van der Waals surface area contributed by atoms with E-state index in [1.54, 1.807) is 0 Å². The lowest BCUT2D eigenvalue weighted by Gasteiger charge is -2.44. The van der Waals surface area contributed by atoms with Gasteiger partial charge in [-0.2, -0.15) is 11.8 Å². The van der Waals surface area contributed by atoms with Crippen molar-refractivity contribution in [1.82, 2.24) is 0 Å². The van der Waals surface area contributed by atoms with Crippen LogP contribution in [-0.4, -0.2) is 90.5 Å². The molecule has 0 spiro atoms. The fourth-order valence-electron chi connectivity index (χ4n) is 5.30. The summed E-state index contributed by atoms with van der Waals surface area (Å²) in [4.78, 5) is 18.6. The molecule has 0 aromatic carbocycles. The second kappa shape index (κ2) is 21.7. The molecule has 8 heteroatoms. The van der Waals surface area contributed by atoms with Crippen molar-refractivity contribution in [2.24, 2.45) is 0 Å². The van der Waals surface area contributed by atoms with Gasteiger partial charge in [0.15, 0.2) is 0 Å². The lowest BCUT2D eigenvalue weighted by molar-refractivity contribution is -0.943. The Bertz CT molecular complexity index is 424. The first-order chi connectivity index (χ1) is 15.9. The van der Waals surface area contributed by atoms with Gasteiger partial charge in [-0.15, -0.1) is 0 Å². The van der Waals surface area contributed by atoms with Crippen LogP contribution < -0.4 is 9.79 Å². The van der Waals surface area contributed by atoms with Gasteiger partial charge in [-0.3, -0.25) is 0 Å². The zero-order chi connectivity index (χ0) is 29.1. The van der Waals surface area contributed by atoms with Crippen molar-refractivity contribution in [2.75, 3.05) is 58.9 Å². The molecule has 0 amide bonds. The molecule has 0 saturated carbocycles. The monoisotopic (exact) mass is 559 g/mol. The van der Waals surface area contributed by atoms with Gasteiger partial charge in [-0.25, -0.2) is 0 Å². The quantitative estimate of drug-likeness (QED) is 0.185. The van der Waals surface area contributed by atoms with Crippen LogP contribution in [0.1, 0.15) is 104 Å². The molecule has 0 atom stereocenters. The molecule has 0 aromatic heterocycles. The maximum absolute atomic E-state index is 9.29. The minimum atomic E-state index is -3.72. The predicted molar refractivity (Wildman–Crippen MR) is 163 cm³/mol. The summed E-state index contributed by atoms with van der Waals surface area (Å²) in [5.41, 5.74) is -3.72. The zero-order valence-electron chi connectivity index (χ0n) is 26.5. The number of hydrogen-bond donors (Lipinski definition) is 0. The number of hydrogen-bond acceptors (Lipinski definition) is 4. The largest absolute Gasteiger partial charge is 0.850 e. The summed E-state index contributed by atoms with van der Waals surface area (Å²) in [6.07, 6.45) is 0. The lowest BCUT2D eigenvalue weighted by Crippen LogP contribution is -2.52. The van der Waals surface area contributed by atoms with E-state index in [2.05, 4.69) is 128 Å². The van der Waals surface area contributed by atoms with Crippen molar-refractivity contribution in [3.05, 3.63) is 0 Å². The van der Waals surface area contributed by atoms with E-state index >= 15 is 0 Å². The van der Waals surface area contributed by atoms with Gasteiger partial charge in [0.05, 0.1) is 77.0 Å². The van der Waals surface area contributed by atoms with Crippen molar-refractivity contribution in [1.29, 1.82) is 0 Å². The molecule has 0 bridgehead atoms. The molecule has 0 aliphatic heterocycles. The summed E-state index contributed by atoms with van der Waals surface area (Å²) in [6.45, 7) is 45.9. The van der Waals surface area contributed by atoms with Crippen LogP contribution in [0.5, 0.6) is 0 Å². The molecule has 35 heavy (non-hydrogen) atoms. The maximum Gasteiger partial charge on any atom is 0.0833 e. The van der Waals surface area contributed by atoms with Gasteiger partial charge in [0, 0.05) is 0 Å². The van der Waals surface area contributed by atoms with Crippen LogP contribution in [0.2, 0.25) is 0 Å². The van der Waals surface area contributed by atoms with E-state index in [1.807, 2.05) is 0 Å². The van der Waals surface area contributed by atoms with Gasteiger partial charge in [0.2, 0.25) is 0 Å². The third-order valence-electron chi connectivity index (χ3n) is 8.95. The highest BCUT2D eigenvalue weighted by Gasteiger charge is 2.25. The van der Waals surface area contributed by atoms with E-state index in [9.17, 15) is 9.79 Å². The number of rotatable bonds is 12. The minimum Gasteiger partial charge on any atom is -0.850 e. The van der Waals surface area contributed by atoms with E-state index in [4.69, 9.17) is 0 Å². The first-order valence-electron chi connectivity index (χ1n) is 14.2. The van der Waals surface area contributed by atoms with Crippen molar-refractivity contribution >= 4 is 29.7 Å². The molecule has 0 heterocycles. The van der Waals surface area contributed by atoms with E-state index < -0.39 is 5.69 Å². The average Bonchev–Trinajstić information content (AvgIpc) is 2.78. The molecule has 0 N–H and O–H groups in total. The Balaban J connectivity index is -0.000000188. The van der Waals surface area contributed by atoms with E-state index in [0.29, 0.717) is 0 Å². The van der Waals surface area contributed by atoms with Crippen molar-refractivity contribution < 1.29 is 23.2 Å². The normalized spacial score (nSPS) is 12.5. The second-order valence-corrected chi connectivity index (χ2v) is 14.7. The summed E-state index contributed by atoms with van der Waals surface area (Å²) in [6, 6.07) is 2.33. The van der Waals surface area contributed by atoms with Gasteiger partial charge < -0.3 is 41.2 Å². The zero-order valence-corrected chi connectivity index (χ0v) is 29.0. The van der Waals surface area contributed by atoms with Crippen LogP contribution in [-0.2, 0) is 24.1 Å². The standard InChI is InChI=1S/3C9H22N.H3O2PS2/c3*1-6-10(7-2,8-3)9(4)5;1-3(2,4)5/h3*9H,6-8H2,1-5H3;(H3,1,2,4,5)/q3*+1;/p-3. The third kappa shape index (κ3) is 17.8. The highest BCUT2D eigenvalue weighted by atomic mass is 32.9. The highest BCUT2D eigenvalue weighted by Crippen LogP contribution is 2.16. The first kappa shape index (κ1) is 42.9. The minimum absolute atomic E-state index is 0.778. The first-order valence-corrected chi connectivity index (χ1v) is 17.8. The van der Waals surface area contributed by atoms with Crippen molar-refractivity contribution in [2.45, 2.75) is 122 Å². The van der Waals surface area contributed by atoms with E-state index in [0.717, 1.165) is 18.1 Å². The van der Waals surface area contributed by atoms with E-state index in [1.165, 1.54) is 72.4 Å². The highest BCUT2D eigenvalue weighted by molar-refractivity contribution is 8.49. The molecule has 0 aliphatic carbocycles.